The lowest BCUT2D eigenvalue weighted by Gasteiger charge is -2.38. The van der Waals surface area contributed by atoms with Crippen molar-refractivity contribution in [2.75, 3.05) is 33.8 Å². The van der Waals surface area contributed by atoms with E-state index in [2.05, 4.69) is 34.4 Å². The van der Waals surface area contributed by atoms with Crippen LogP contribution in [0.5, 0.6) is 5.75 Å². The van der Waals surface area contributed by atoms with E-state index in [1.165, 1.54) is 37.3 Å². The van der Waals surface area contributed by atoms with Crippen molar-refractivity contribution in [3.63, 3.8) is 0 Å². The van der Waals surface area contributed by atoms with E-state index in [1.54, 1.807) is 39.8 Å². The van der Waals surface area contributed by atoms with E-state index in [4.69, 9.17) is 4.74 Å². The fourth-order valence-corrected chi connectivity index (χ4v) is 8.34. The molecule has 14 nitrogen and oxygen atoms in total. The van der Waals surface area contributed by atoms with E-state index in [0.29, 0.717) is 17.7 Å². The van der Waals surface area contributed by atoms with Crippen LogP contribution in [0.2, 0.25) is 0 Å². The lowest BCUT2D eigenvalue weighted by atomic mass is 9.85. The number of sulfonamides is 1. The van der Waals surface area contributed by atoms with Gasteiger partial charge in [-0.1, -0.05) is 65.7 Å². The molecule has 0 aromatic heterocycles. The van der Waals surface area contributed by atoms with Crippen LogP contribution in [-0.2, 0) is 29.2 Å². The Balaban J connectivity index is 1.50. The van der Waals surface area contributed by atoms with Crippen molar-refractivity contribution in [3.8, 4) is 5.75 Å². The van der Waals surface area contributed by atoms with Crippen LogP contribution in [0.3, 0.4) is 0 Å². The molecular weight excluding hydrogens is 701 g/mol. The smallest absolute Gasteiger partial charge is 0.315 e. The van der Waals surface area contributed by atoms with E-state index in [9.17, 15) is 32.4 Å². The summed E-state index contributed by atoms with van der Waals surface area (Å²) in [7, 11) is -1.05. The van der Waals surface area contributed by atoms with Gasteiger partial charge in [-0.05, 0) is 66.2 Å². The molecule has 2 saturated carbocycles. The molecule has 0 bridgehead atoms. The van der Waals surface area contributed by atoms with E-state index in [-0.39, 0.29) is 47.7 Å². The van der Waals surface area contributed by atoms with Gasteiger partial charge in [-0.15, -0.1) is 6.58 Å². The minimum absolute atomic E-state index is 0.0288. The summed E-state index contributed by atoms with van der Waals surface area (Å²) in [5, 5.41) is 10.9. The molecule has 15 heteroatoms. The predicted molar refractivity (Wildman–Crippen MR) is 200 cm³/mol. The van der Waals surface area contributed by atoms with Crippen LogP contribution in [0.15, 0.2) is 54.0 Å². The molecular formula is C38H56N6O8S. The number of hydrogen-bond donors (Lipinski definition) is 4. The summed E-state index contributed by atoms with van der Waals surface area (Å²) in [5.41, 5.74) is -0.549. The van der Waals surface area contributed by atoms with Gasteiger partial charge in [0.25, 0.3) is 5.91 Å². The highest BCUT2D eigenvalue weighted by Crippen LogP contribution is 2.65. The Hall–Kier alpha value is -4.24. The van der Waals surface area contributed by atoms with E-state index in [0.717, 1.165) is 17.1 Å². The largest absolute Gasteiger partial charge is 0.497 e. The van der Waals surface area contributed by atoms with E-state index < -0.39 is 69.1 Å². The van der Waals surface area contributed by atoms with Crippen LogP contribution in [-0.4, -0.2) is 105 Å². The first-order valence-electron chi connectivity index (χ1n) is 18.0. The maximum atomic E-state index is 14.4. The van der Waals surface area contributed by atoms with Crippen molar-refractivity contribution in [3.05, 3.63) is 49.1 Å². The first-order valence-corrected chi connectivity index (χ1v) is 19.5. The molecule has 4 N–H and O–H groups in total. The average molecular weight is 757 g/mol. The van der Waals surface area contributed by atoms with Crippen LogP contribution in [0.4, 0.5) is 4.79 Å². The summed E-state index contributed by atoms with van der Waals surface area (Å²) in [6.45, 7) is 18.9. The van der Waals surface area contributed by atoms with Gasteiger partial charge in [-0.3, -0.25) is 19.2 Å². The summed E-state index contributed by atoms with van der Waals surface area (Å²) in [6.07, 6.45) is 3.60. The molecule has 1 aromatic carbocycles. The Bertz CT molecular complexity index is 1720. The number of hydrogen-bond acceptors (Lipinski definition) is 8. The number of rotatable bonds is 17. The number of nitrogens with one attached hydrogen (secondary N) is 4. The zero-order chi connectivity index (χ0) is 39.6. The summed E-state index contributed by atoms with van der Waals surface area (Å²) in [4.78, 5) is 69.4. The van der Waals surface area contributed by atoms with Crippen LogP contribution >= 0.6 is 0 Å². The van der Waals surface area contributed by atoms with Gasteiger partial charge in [0.05, 0.1) is 24.1 Å². The van der Waals surface area contributed by atoms with Crippen LogP contribution in [0.1, 0.15) is 60.8 Å². The van der Waals surface area contributed by atoms with Crippen LogP contribution in [0.25, 0.3) is 0 Å². The minimum Gasteiger partial charge on any atom is -0.497 e. The van der Waals surface area contributed by atoms with Gasteiger partial charge >= 0.3 is 6.03 Å². The molecule has 5 amide bonds. The number of likely N-dealkylation sites (tertiary alicyclic amines) is 1. The molecule has 4 rings (SSSR count). The van der Waals surface area contributed by atoms with Crippen LogP contribution in [0, 0.1) is 28.6 Å². The number of amides is 5. The topological polar surface area (TPSA) is 183 Å². The summed E-state index contributed by atoms with van der Waals surface area (Å²) >= 11 is 0. The second kappa shape index (κ2) is 16.0. The molecule has 53 heavy (non-hydrogen) atoms. The minimum atomic E-state index is -3.93. The molecule has 1 unspecified atom stereocenters. The number of likely N-dealkylation sites (N-methyl/N-ethyl adjacent to an activating group) is 1. The van der Waals surface area contributed by atoms with E-state index in [1.807, 2.05) is 13.8 Å². The van der Waals surface area contributed by atoms with Crippen molar-refractivity contribution >= 4 is 39.6 Å². The lowest BCUT2D eigenvalue weighted by molar-refractivity contribution is -0.145. The number of ketones is 1. The van der Waals surface area contributed by atoms with Crippen molar-refractivity contribution in [2.24, 2.45) is 28.6 Å². The van der Waals surface area contributed by atoms with Gasteiger partial charge in [0.2, 0.25) is 27.6 Å². The third-order valence-corrected chi connectivity index (χ3v) is 12.6. The fourth-order valence-electron chi connectivity index (χ4n) is 7.15. The van der Waals surface area contributed by atoms with Gasteiger partial charge < -0.3 is 30.9 Å². The number of carbonyl (C=O) groups is 5. The fraction of sp³-hybridized carbons (Fsp3) is 0.605. The third-order valence-electron chi connectivity index (χ3n) is 10.8. The quantitative estimate of drug-likeness (QED) is 0.138. The van der Waals surface area contributed by atoms with Gasteiger partial charge in [-0.25, -0.2) is 13.2 Å². The molecule has 1 heterocycles. The summed E-state index contributed by atoms with van der Waals surface area (Å²) < 4.78 is 32.9. The Labute approximate surface area is 313 Å². The number of Topliss-reactive ketones (excluding diaryl/α,β-unsaturated/α-hetero) is 1. The lowest BCUT2D eigenvalue weighted by Crippen LogP contribution is -2.62. The van der Waals surface area contributed by atoms with Crippen molar-refractivity contribution in [1.82, 2.24) is 30.5 Å². The SMILES string of the molecule is C=CCNC(=O)C(=O)C(CC1CC1)NC(=O)[C@@H]1[C@@H]2[C@H](CN1C(=O)[C@@H](NC(=O)N[C@H](CN(C)S(=O)(=O)c1ccc(OC)cc1)C(=C)C)C(C)(C)C)C2(C)C. The Morgan fingerprint density at radius 2 is 1.68 bits per heavy atom. The van der Waals surface area contributed by atoms with Crippen molar-refractivity contribution in [1.29, 1.82) is 0 Å². The highest BCUT2D eigenvalue weighted by Gasteiger charge is 2.70. The normalized spacial score (nSPS) is 22.1. The number of methoxy groups -OCH3 is 1. The van der Waals surface area contributed by atoms with E-state index >= 15 is 0 Å². The maximum Gasteiger partial charge on any atom is 0.315 e. The number of urea groups is 1. The number of fused-ring (bicyclic) bond motifs is 1. The molecule has 1 aliphatic heterocycles. The van der Waals surface area contributed by atoms with Gasteiger partial charge in [0.15, 0.2) is 0 Å². The molecule has 292 valence electrons. The zero-order valence-electron chi connectivity index (χ0n) is 32.2. The molecule has 3 aliphatic rings. The third kappa shape index (κ3) is 9.47. The Morgan fingerprint density at radius 3 is 2.21 bits per heavy atom. The van der Waals surface area contributed by atoms with Gasteiger partial charge in [0.1, 0.15) is 17.8 Å². The molecule has 1 saturated heterocycles. The average Bonchev–Trinajstić information content (AvgIpc) is 3.95. The van der Waals surface area contributed by atoms with Gasteiger partial charge in [0, 0.05) is 26.7 Å². The standard InChI is InChI=1S/C38H56N6O8S/c1-11-18-39-34(47)31(45)27(19-23-12-13-23)40-33(46)30-29-26(38(29,7)8)20-44(30)35(48)32(37(4,5)6)42-36(49)41-28(22(2)3)21-43(9)53(50,51)25-16-14-24(52-10)15-17-25/h11,14-17,23,26-30,32H,1-2,12-13,18-21H2,3-10H3,(H,39,47)(H,40,46)(H2,41,42,49)/t26-,27?,28+,29-,30-,32+/m0/s1. The van der Waals surface area contributed by atoms with Crippen LogP contribution < -0.4 is 26.0 Å². The molecule has 0 radical (unpaired) electrons. The number of benzene rings is 1. The zero-order valence-corrected chi connectivity index (χ0v) is 33.0. The van der Waals surface area contributed by atoms with Crippen molar-refractivity contribution in [2.45, 2.75) is 89.9 Å². The molecule has 3 fully saturated rings. The summed E-state index contributed by atoms with van der Waals surface area (Å²) in [5.74, 6) is -1.93. The van der Waals surface area contributed by atoms with Gasteiger partial charge in [-0.2, -0.15) is 4.31 Å². The second-order valence-corrected chi connectivity index (χ2v) is 18.3. The molecule has 2 aliphatic carbocycles. The van der Waals surface area contributed by atoms with Crippen molar-refractivity contribution < 1.29 is 37.1 Å². The number of piperidine rings is 1. The highest BCUT2D eigenvalue weighted by atomic mass is 32.2. The molecule has 1 aromatic rings. The highest BCUT2D eigenvalue weighted by molar-refractivity contribution is 7.89. The first-order chi connectivity index (χ1) is 24.6. The second-order valence-electron chi connectivity index (χ2n) is 16.3. The number of nitrogens with zero attached hydrogens (tertiary/aromatic N) is 2. The number of ether oxygens (including phenoxy) is 1. The summed E-state index contributed by atoms with van der Waals surface area (Å²) in [6, 6.07) is 1.39. The number of carbonyl (C=O) groups excluding carboxylic acids is 5. The Kier molecular flexibility index (Phi) is 12.5. The maximum absolute atomic E-state index is 14.4. The monoisotopic (exact) mass is 756 g/mol. The first kappa shape index (κ1) is 41.5. The molecule has 0 spiro atoms. The predicted octanol–water partition coefficient (Wildman–Crippen LogP) is 2.61. The Morgan fingerprint density at radius 1 is 1.06 bits per heavy atom. The molecule has 6 atom stereocenters.